The largest absolute Gasteiger partial charge is 0.481 e. The molecule has 1 aromatic rings. The number of amides is 1. The zero-order chi connectivity index (χ0) is 14.5. The number of aryl methyl sites for hydroxylation is 1. The molecule has 1 amide bonds. The zero-order valence-electron chi connectivity index (χ0n) is 11.9. The van der Waals surface area contributed by atoms with Gasteiger partial charge >= 0.3 is 5.97 Å². The Hall–Kier alpha value is -1.60. The number of likely N-dealkylation sites (tertiary alicyclic amines) is 1. The summed E-state index contributed by atoms with van der Waals surface area (Å²) in [5, 5.41) is 15.3. The highest BCUT2D eigenvalue weighted by molar-refractivity contribution is 5.92. The number of hydrogen-bond acceptors (Lipinski definition) is 5. The first-order valence-electron chi connectivity index (χ1n) is 6.73. The smallest absolute Gasteiger partial charge is 0.304 e. The maximum absolute atomic E-state index is 11.9. The fourth-order valence-corrected chi connectivity index (χ4v) is 2.29. The van der Waals surface area contributed by atoms with Crippen LogP contribution in [-0.2, 0) is 4.79 Å². The number of carbonyl (C=O) groups excluding carboxylic acids is 1. The molecule has 0 unspecified atom stereocenters. The molecular formula is C13H20ClN3O4. The molecule has 0 aromatic carbocycles. The molecular weight excluding hydrogens is 298 g/mol. The van der Waals surface area contributed by atoms with E-state index in [9.17, 15) is 9.59 Å². The maximum Gasteiger partial charge on any atom is 0.304 e. The molecule has 21 heavy (non-hydrogen) atoms. The summed E-state index contributed by atoms with van der Waals surface area (Å²) in [5.41, 5.74) is 0.302. The molecule has 118 valence electrons. The monoisotopic (exact) mass is 317 g/mol. The van der Waals surface area contributed by atoms with Gasteiger partial charge in [-0.2, -0.15) is 0 Å². The average Bonchev–Trinajstić information content (AvgIpc) is 2.85. The molecule has 1 saturated heterocycles. The minimum absolute atomic E-state index is 0. The number of carbonyl (C=O) groups is 2. The molecule has 0 aliphatic carbocycles. The number of carboxylic acids is 1. The molecule has 0 radical (unpaired) electrons. The van der Waals surface area contributed by atoms with Crippen LogP contribution in [0.2, 0.25) is 0 Å². The molecule has 0 spiro atoms. The number of carboxylic acid groups (broad SMARTS) is 1. The van der Waals surface area contributed by atoms with Crippen LogP contribution in [0.25, 0.3) is 0 Å². The lowest BCUT2D eigenvalue weighted by Gasteiger charge is -2.31. The Kier molecular flexibility index (Phi) is 6.64. The number of piperidine rings is 1. The Morgan fingerprint density at radius 1 is 1.48 bits per heavy atom. The van der Waals surface area contributed by atoms with E-state index in [1.165, 1.54) is 0 Å². The standard InChI is InChI=1S/C13H19N3O4.ClH/c1-9-8-11(15-20-9)13(19)14-10-2-5-16(6-3-10)7-4-12(17)18;/h8,10H,2-7H2,1H3,(H,14,19)(H,17,18);1H. The normalized spacial score (nSPS) is 16.2. The van der Waals surface area contributed by atoms with Crippen LogP contribution in [-0.4, -0.2) is 52.7 Å². The minimum atomic E-state index is -0.776. The Morgan fingerprint density at radius 3 is 2.67 bits per heavy atom. The van der Waals surface area contributed by atoms with Crippen molar-refractivity contribution in [1.29, 1.82) is 0 Å². The van der Waals surface area contributed by atoms with E-state index in [1.54, 1.807) is 13.0 Å². The van der Waals surface area contributed by atoms with Crippen LogP contribution in [0.4, 0.5) is 0 Å². The second-order valence-electron chi connectivity index (χ2n) is 5.06. The van der Waals surface area contributed by atoms with Crippen molar-refractivity contribution in [3.05, 3.63) is 17.5 Å². The topological polar surface area (TPSA) is 95.7 Å². The molecule has 8 heteroatoms. The summed E-state index contributed by atoms with van der Waals surface area (Å²) in [4.78, 5) is 24.5. The molecule has 2 rings (SSSR count). The summed E-state index contributed by atoms with van der Waals surface area (Å²) < 4.78 is 4.87. The fourth-order valence-electron chi connectivity index (χ4n) is 2.29. The van der Waals surface area contributed by atoms with Gasteiger partial charge in [0, 0.05) is 31.7 Å². The van der Waals surface area contributed by atoms with Crippen LogP contribution in [0.15, 0.2) is 10.6 Å². The molecule has 1 aliphatic rings. The van der Waals surface area contributed by atoms with E-state index in [0.29, 0.717) is 18.0 Å². The van der Waals surface area contributed by atoms with E-state index in [0.717, 1.165) is 25.9 Å². The molecule has 7 nitrogen and oxygen atoms in total. The van der Waals surface area contributed by atoms with E-state index < -0.39 is 5.97 Å². The van der Waals surface area contributed by atoms with Crippen molar-refractivity contribution in [3.63, 3.8) is 0 Å². The van der Waals surface area contributed by atoms with Crippen LogP contribution >= 0.6 is 12.4 Å². The number of nitrogens with zero attached hydrogens (tertiary/aromatic N) is 2. The summed E-state index contributed by atoms with van der Waals surface area (Å²) in [6, 6.07) is 1.72. The van der Waals surface area contributed by atoms with Crippen LogP contribution in [0.3, 0.4) is 0 Å². The number of halogens is 1. The van der Waals surface area contributed by atoms with Gasteiger partial charge in [-0.1, -0.05) is 5.16 Å². The van der Waals surface area contributed by atoms with Gasteiger partial charge in [0.05, 0.1) is 6.42 Å². The van der Waals surface area contributed by atoms with Gasteiger partial charge in [0.1, 0.15) is 5.76 Å². The van der Waals surface area contributed by atoms with Crippen molar-refractivity contribution in [2.75, 3.05) is 19.6 Å². The van der Waals surface area contributed by atoms with Gasteiger partial charge in [0.25, 0.3) is 5.91 Å². The lowest BCUT2D eigenvalue weighted by atomic mass is 10.0. The van der Waals surface area contributed by atoms with Gasteiger partial charge in [0.15, 0.2) is 5.69 Å². The third-order valence-electron chi connectivity index (χ3n) is 3.43. The first-order valence-corrected chi connectivity index (χ1v) is 6.73. The predicted molar refractivity (Wildman–Crippen MR) is 77.7 cm³/mol. The first kappa shape index (κ1) is 17.5. The summed E-state index contributed by atoms with van der Waals surface area (Å²) >= 11 is 0. The van der Waals surface area contributed by atoms with Crippen molar-refractivity contribution >= 4 is 24.3 Å². The van der Waals surface area contributed by atoms with Gasteiger partial charge in [-0.15, -0.1) is 12.4 Å². The van der Waals surface area contributed by atoms with Crippen molar-refractivity contribution in [3.8, 4) is 0 Å². The Balaban J connectivity index is 0.00000220. The summed E-state index contributed by atoms with van der Waals surface area (Å²) in [5.74, 6) is -0.383. The molecule has 1 aliphatic heterocycles. The van der Waals surface area contributed by atoms with Crippen molar-refractivity contribution in [1.82, 2.24) is 15.4 Å². The molecule has 1 aromatic heterocycles. The van der Waals surface area contributed by atoms with Crippen LogP contribution in [0.5, 0.6) is 0 Å². The molecule has 0 bridgehead atoms. The Morgan fingerprint density at radius 2 is 2.14 bits per heavy atom. The molecule has 1 fully saturated rings. The highest BCUT2D eigenvalue weighted by atomic mass is 35.5. The minimum Gasteiger partial charge on any atom is -0.481 e. The van der Waals surface area contributed by atoms with Gasteiger partial charge < -0.3 is 19.8 Å². The highest BCUT2D eigenvalue weighted by Gasteiger charge is 2.22. The number of nitrogens with one attached hydrogen (secondary N) is 1. The second-order valence-corrected chi connectivity index (χ2v) is 5.06. The molecule has 2 N–H and O–H groups in total. The second kappa shape index (κ2) is 7.99. The van der Waals surface area contributed by atoms with Gasteiger partial charge in [-0.3, -0.25) is 9.59 Å². The average molecular weight is 318 g/mol. The van der Waals surface area contributed by atoms with E-state index in [-0.39, 0.29) is 30.8 Å². The summed E-state index contributed by atoms with van der Waals surface area (Å²) in [7, 11) is 0. The summed E-state index contributed by atoms with van der Waals surface area (Å²) in [6.45, 7) is 3.91. The highest BCUT2D eigenvalue weighted by Crippen LogP contribution is 2.11. The number of rotatable bonds is 5. The van der Waals surface area contributed by atoms with Crippen LogP contribution in [0.1, 0.15) is 35.5 Å². The molecule has 2 heterocycles. The Labute approximate surface area is 129 Å². The van der Waals surface area contributed by atoms with Gasteiger partial charge in [-0.25, -0.2) is 0 Å². The third kappa shape index (κ3) is 5.35. The van der Waals surface area contributed by atoms with Gasteiger partial charge in [-0.05, 0) is 19.8 Å². The molecule has 0 atom stereocenters. The maximum atomic E-state index is 11.9. The third-order valence-corrected chi connectivity index (χ3v) is 3.43. The van der Waals surface area contributed by atoms with E-state index in [4.69, 9.17) is 9.63 Å². The number of aliphatic carboxylic acids is 1. The van der Waals surface area contributed by atoms with Crippen LogP contribution < -0.4 is 5.32 Å². The lowest BCUT2D eigenvalue weighted by molar-refractivity contribution is -0.137. The molecule has 0 saturated carbocycles. The quantitative estimate of drug-likeness (QED) is 0.843. The van der Waals surface area contributed by atoms with Gasteiger partial charge in [0.2, 0.25) is 0 Å². The number of aromatic nitrogens is 1. The van der Waals surface area contributed by atoms with Crippen molar-refractivity contribution < 1.29 is 19.2 Å². The van der Waals surface area contributed by atoms with Crippen molar-refractivity contribution in [2.45, 2.75) is 32.2 Å². The van der Waals surface area contributed by atoms with Crippen molar-refractivity contribution in [2.24, 2.45) is 0 Å². The lowest BCUT2D eigenvalue weighted by Crippen LogP contribution is -2.45. The fraction of sp³-hybridized carbons (Fsp3) is 0.615. The predicted octanol–water partition coefficient (Wildman–Crippen LogP) is 1.07. The van der Waals surface area contributed by atoms with E-state index in [2.05, 4.69) is 15.4 Å². The van der Waals surface area contributed by atoms with E-state index >= 15 is 0 Å². The SMILES string of the molecule is Cc1cc(C(=O)NC2CCN(CCC(=O)O)CC2)no1.Cl. The van der Waals surface area contributed by atoms with E-state index in [1.807, 2.05) is 0 Å². The zero-order valence-corrected chi connectivity index (χ0v) is 12.7. The Bertz CT molecular complexity index is 484. The number of hydrogen-bond donors (Lipinski definition) is 2. The first-order chi connectivity index (χ1) is 9.54. The summed E-state index contributed by atoms with van der Waals surface area (Å²) in [6.07, 6.45) is 1.81. The van der Waals surface area contributed by atoms with Crippen LogP contribution in [0, 0.1) is 6.92 Å².